The second kappa shape index (κ2) is 4.23. The quantitative estimate of drug-likeness (QED) is 0.438. The van der Waals surface area contributed by atoms with Crippen LogP contribution in [0.1, 0.15) is 6.42 Å². The Morgan fingerprint density at radius 1 is 1.50 bits per heavy atom. The van der Waals surface area contributed by atoms with Gasteiger partial charge >= 0.3 is 0 Å². The van der Waals surface area contributed by atoms with Crippen LogP contribution in [0.4, 0.5) is 0 Å². The van der Waals surface area contributed by atoms with E-state index in [4.69, 9.17) is 23.4 Å². The van der Waals surface area contributed by atoms with Crippen molar-refractivity contribution in [3.8, 4) is 0 Å². The molecule has 68 valence electrons. The van der Waals surface area contributed by atoms with Crippen molar-refractivity contribution in [2.75, 3.05) is 13.2 Å². The fraction of sp³-hybridized carbons (Fsp3) is 1.00. The monoisotopic (exact) mass is 171 g/mol. The molecule has 1 heterocycles. The summed E-state index contributed by atoms with van der Waals surface area (Å²) in [5, 5.41) is 18.3. The first-order chi connectivity index (χ1) is 5.70. The zero-order chi connectivity index (χ0) is 9.14. The lowest BCUT2D eigenvalue weighted by Crippen LogP contribution is -2.31. The van der Waals surface area contributed by atoms with Crippen LogP contribution in [0.2, 0.25) is 0 Å². The van der Waals surface area contributed by atoms with E-state index in [2.05, 4.69) is 0 Å². The van der Waals surface area contributed by atoms with Crippen LogP contribution < -0.4 is 5.73 Å². The standard InChI is InChI=1S/C7H14BNO3/c8-7-4(1-2-9)6(11)5(3-10)12-7/h4-7,10-11H,1-3,9H2. The SMILES string of the molecule is [B]C1OC(CO)C(O)C1CCN. The molecule has 4 atom stereocenters. The van der Waals surface area contributed by atoms with Gasteiger partial charge in [0.25, 0.3) is 0 Å². The number of hydrogen-bond donors (Lipinski definition) is 3. The third kappa shape index (κ3) is 1.80. The van der Waals surface area contributed by atoms with Gasteiger partial charge in [0.05, 0.1) is 12.7 Å². The molecular weight excluding hydrogens is 157 g/mol. The van der Waals surface area contributed by atoms with Crippen molar-refractivity contribution in [3.63, 3.8) is 0 Å². The summed E-state index contributed by atoms with van der Waals surface area (Å²) in [5.74, 6) is -0.146. The van der Waals surface area contributed by atoms with Gasteiger partial charge in [-0.3, -0.25) is 0 Å². The van der Waals surface area contributed by atoms with Gasteiger partial charge in [0, 0.05) is 11.9 Å². The Balaban J connectivity index is 2.51. The van der Waals surface area contributed by atoms with Crippen molar-refractivity contribution in [1.29, 1.82) is 0 Å². The van der Waals surface area contributed by atoms with Gasteiger partial charge in [0.1, 0.15) is 14.0 Å². The molecule has 0 aliphatic carbocycles. The van der Waals surface area contributed by atoms with Gasteiger partial charge in [0.15, 0.2) is 0 Å². The smallest absolute Gasteiger partial charge is 0.109 e. The molecule has 0 aromatic rings. The van der Waals surface area contributed by atoms with Crippen LogP contribution in [0.15, 0.2) is 0 Å². The van der Waals surface area contributed by atoms with E-state index >= 15 is 0 Å². The van der Waals surface area contributed by atoms with Gasteiger partial charge in [-0.05, 0) is 13.0 Å². The van der Waals surface area contributed by atoms with E-state index in [-0.39, 0.29) is 12.5 Å². The minimum Gasteiger partial charge on any atom is -0.394 e. The van der Waals surface area contributed by atoms with Gasteiger partial charge in [-0.1, -0.05) is 0 Å². The Morgan fingerprint density at radius 3 is 2.58 bits per heavy atom. The molecule has 1 saturated heterocycles. The number of hydrogen-bond acceptors (Lipinski definition) is 4. The maximum Gasteiger partial charge on any atom is 0.109 e. The Morgan fingerprint density at radius 2 is 2.17 bits per heavy atom. The lowest BCUT2D eigenvalue weighted by Gasteiger charge is -2.16. The van der Waals surface area contributed by atoms with E-state index in [9.17, 15) is 5.11 Å². The van der Waals surface area contributed by atoms with Crippen LogP contribution >= 0.6 is 0 Å². The van der Waals surface area contributed by atoms with E-state index in [1.165, 1.54) is 0 Å². The van der Waals surface area contributed by atoms with Crippen molar-refractivity contribution >= 4 is 7.85 Å². The molecular formula is C7H14BNO3. The van der Waals surface area contributed by atoms with Crippen LogP contribution in [-0.2, 0) is 4.74 Å². The van der Waals surface area contributed by atoms with Crippen molar-refractivity contribution in [1.82, 2.24) is 0 Å². The van der Waals surface area contributed by atoms with Gasteiger partial charge in [-0.25, -0.2) is 0 Å². The molecule has 2 radical (unpaired) electrons. The summed E-state index contributed by atoms with van der Waals surface area (Å²) in [6.45, 7) is 0.271. The van der Waals surface area contributed by atoms with Crippen LogP contribution in [0.3, 0.4) is 0 Å². The second-order valence-electron chi connectivity index (χ2n) is 3.05. The highest BCUT2D eigenvalue weighted by atomic mass is 16.5. The highest BCUT2D eigenvalue weighted by Crippen LogP contribution is 2.27. The number of nitrogens with two attached hydrogens (primary N) is 1. The van der Waals surface area contributed by atoms with E-state index in [1.807, 2.05) is 0 Å². The minimum atomic E-state index is -0.687. The summed E-state index contributed by atoms with van der Waals surface area (Å²) in [6.07, 6.45) is -0.608. The second-order valence-corrected chi connectivity index (χ2v) is 3.05. The van der Waals surface area contributed by atoms with E-state index in [1.54, 1.807) is 0 Å². The topological polar surface area (TPSA) is 75.7 Å². The zero-order valence-corrected chi connectivity index (χ0v) is 6.89. The van der Waals surface area contributed by atoms with Crippen LogP contribution in [-0.4, -0.2) is 49.4 Å². The minimum absolute atomic E-state index is 0.146. The number of aliphatic hydroxyl groups is 2. The summed E-state index contributed by atoms with van der Waals surface area (Å²) in [7, 11) is 5.57. The Labute approximate surface area is 73.1 Å². The highest BCUT2D eigenvalue weighted by molar-refractivity contribution is 6.11. The van der Waals surface area contributed by atoms with Gasteiger partial charge in [-0.15, -0.1) is 0 Å². The third-order valence-corrected chi connectivity index (χ3v) is 2.25. The van der Waals surface area contributed by atoms with Crippen molar-refractivity contribution in [3.05, 3.63) is 0 Å². The molecule has 1 fully saturated rings. The highest BCUT2D eigenvalue weighted by Gasteiger charge is 2.39. The van der Waals surface area contributed by atoms with Crippen molar-refractivity contribution in [2.24, 2.45) is 11.7 Å². The number of rotatable bonds is 3. The third-order valence-electron chi connectivity index (χ3n) is 2.25. The maximum atomic E-state index is 9.53. The first-order valence-electron chi connectivity index (χ1n) is 4.10. The molecule has 4 unspecified atom stereocenters. The molecule has 0 saturated carbocycles. The number of aliphatic hydroxyl groups excluding tert-OH is 2. The first-order valence-corrected chi connectivity index (χ1v) is 4.10. The molecule has 5 heteroatoms. The van der Waals surface area contributed by atoms with E-state index in [0.717, 1.165) is 0 Å². The fourth-order valence-electron chi connectivity index (χ4n) is 1.53. The summed E-state index contributed by atoms with van der Waals surface area (Å²) in [6, 6.07) is -0.499. The predicted molar refractivity (Wildman–Crippen MR) is 44.7 cm³/mol. The van der Waals surface area contributed by atoms with Gasteiger partial charge < -0.3 is 20.7 Å². The molecule has 1 rings (SSSR count). The zero-order valence-electron chi connectivity index (χ0n) is 6.89. The lowest BCUT2D eigenvalue weighted by atomic mass is 9.82. The molecule has 0 aromatic heterocycles. The van der Waals surface area contributed by atoms with Crippen molar-refractivity contribution in [2.45, 2.75) is 24.6 Å². The van der Waals surface area contributed by atoms with E-state index < -0.39 is 18.2 Å². The molecule has 1 aliphatic heterocycles. The van der Waals surface area contributed by atoms with Gasteiger partial charge in [-0.2, -0.15) is 0 Å². The van der Waals surface area contributed by atoms with Crippen LogP contribution in [0.25, 0.3) is 0 Å². The molecule has 0 amide bonds. The normalized spacial score (nSPS) is 41.9. The fourth-order valence-corrected chi connectivity index (χ4v) is 1.53. The first kappa shape index (κ1) is 9.99. The average Bonchev–Trinajstić information content (AvgIpc) is 2.32. The summed E-state index contributed by atoms with van der Waals surface area (Å²) < 4.78 is 5.11. The average molecular weight is 171 g/mol. The number of ether oxygens (including phenoxy) is 1. The van der Waals surface area contributed by atoms with Crippen LogP contribution in [0, 0.1) is 5.92 Å². The Hall–Kier alpha value is -0.0951. The largest absolute Gasteiger partial charge is 0.394 e. The summed E-state index contributed by atoms with van der Waals surface area (Å²) in [5.41, 5.74) is 5.33. The van der Waals surface area contributed by atoms with Crippen molar-refractivity contribution < 1.29 is 14.9 Å². The molecule has 0 aromatic carbocycles. The van der Waals surface area contributed by atoms with Gasteiger partial charge in [0.2, 0.25) is 0 Å². The maximum absolute atomic E-state index is 9.53. The molecule has 0 bridgehead atoms. The summed E-state index contributed by atoms with van der Waals surface area (Å²) in [4.78, 5) is 0. The summed E-state index contributed by atoms with van der Waals surface area (Å²) >= 11 is 0. The molecule has 4 N–H and O–H groups in total. The van der Waals surface area contributed by atoms with E-state index in [0.29, 0.717) is 13.0 Å². The molecule has 0 spiro atoms. The Kier molecular flexibility index (Phi) is 3.52. The van der Waals surface area contributed by atoms with Crippen LogP contribution in [0.5, 0.6) is 0 Å². The molecule has 4 nitrogen and oxygen atoms in total. The predicted octanol–water partition coefficient (Wildman–Crippen LogP) is -1.80. The Bertz CT molecular complexity index is 147. The lowest BCUT2D eigenvalue weighted by molar-refractivity contribution is -0.00515. The molecule has 12 heavy (non-hydrogen) atoms. The molecule has 1 aliphatic rings.